The van der Waals surface area contributed by atoms with Crippen LogP contribution in [0.15, 0.2) is 42.6 Å². The zero-order valence-electron chi connectivity index (χ0n) is 9.98. The molecule has 0 radical (unpaired) electrons. The number of hydrogen-bond acceptors (Lipinski definition) is 2. The number of nitrogens with zero attached hydrogens (tertiary/aromatic N) is 1. The van der Waals surface area contributed by atoms with Crippen LogP contribution in [-0.4, -0.2) is 10.9 Å². The molecule has 0 saturated heterocycles. The number of carbonyl (C=O) groups excluding carboxylic acids is 1. The van der Waals surface area contributed by atoms with Gasteiger partial charge in [0, 0.05) is 11.8 Å². The van der Waals surface area contributed by atoms with Crippen molar-refractivity contribution in [2.45, 2.75) is 13.5 Å². The highest BCUT2D eigenvalue weighted by atomic mass is 19.1. The van der Waals surface area contributed by atoms with Crippen LogP contribution in [0.4, 0.5) is 4.39 Å². The summed E-state index contributed by atoms with van der Waals surface area (Å²) in [6, 6.07) is 10.1. The molecular weight excluding hydrogens is 231 g/mol. The fourth-order valence-electron chi connectivity index (χ4n) is 1.60. The lowest BCUT2D eigenvalue weighted by atomic mass is 10.1. The molecule has 0 saturated carbocycles. The summed E-state index contributed by atoms with van der Waals surface area (Å²) in [5.74, 6) is -0.647. The van der Waals surface area contributed by atoms with Gasteiger partial charge in [-0.1, -0.05) is 17.7 Å². The monoisotopic (exact) mass is 244 g/mol. The van der Waals surface area contributed by atoms with Crippen molar-refractivity contribution < 1.29 is 9.18 Å². The molecule has 4 heteroatoms. The van der Waals surface area contributed by atoms with Crippen LogP contribution in [0.2, 0.25) is 0 Å². The second-order valence-corrected chi connectivity index (χ2v) is 3.98. The Morgan fingerprint density at radius 1 is 1.33 bits per heavy atom. The topological polar surface area (TPSA) is 42.0 Å². The van der Waals surface area contributed by atoms with E-state index in [2.05, 4.69) is 10.3 Å². The molecule has 1 aromatic carbocycles. The molecule has 2 aromatic rings. The summed E-state index contributed by atoms with van der Waals surface area (Å²) in [5.41, 5.74) is 1.80. The SMILES string of the molecule is Cc1cccc(C(=O)NCc2ncccc2F)c1. The van der Waals surface area contributed by atoms with E-state index in [4.69, 9.17) is 0 Å². The zero-order valence-corrected chi connectivity index (χ0v) is 9.98. The summed E-state index contributed by atoms with van der Waals surface area (Å²) in [7, 11) is 0. The second-order valence-electron chi connectivity index (χ2n) is 3.98. The highest BCUT2D eigenvalue weighted by molar-refractivity contribution is 5.94. The summed E-state index contributed by atoms with van der Waals surface area (Å²) in [6.07, 6.45) is 1.50. The molecule has 0 atom stereocenters. The Hall–Kier alpha value is -2.23. The fraction of sp³-hybridized carbons (Fsp3) is 0.143. The number of aryl methyl sites for hydroxylation is 1. The molecule has 3 nitrogen and oxygen atoms in total. The fourth-order valence-corrected chi connectivity index (χ4v) is 1.60. The Bertz CT molecular complexity index is 569. The number of hydrogen-bond donors (Lipinski definition) is 1. The van der Waals surface area contributed by atoms with E-state index in [-0.39, 0.29) is 18.1 Å². The van der Waals surface area contributed by atoms with E-state index >= 15 is 0 Å². The highest BCUT2D eigenvalue weighted by Gasteiger charge is 2.07. The highest BCUT2D eigenvalue weighted by Crippen LogP contribution is 2.05. The zero-order chi connectivity index (χ0) is 13.0. The largest absolute Gasteiger partial charge is 0.346 e. The molecule has 0 aliphatic rings. The Labute approximate surface area is 105 Å². The van der Waals surface area contributed by atoms with Crippen molar-refractivity contribution in [2.75, 3.05) is 0 Å². The molecule has 1 amide bonds. The van der Waals surface area contributed by atoms with Gasteiger partial charge in [0.1, 0.15) is 5.82 Å². The molecule has 0 fully saturated rings. The van der Waals surface area contributed by atoms with Gasteiger partial charge in [0.05, 0.1) is 12.2 Å². The molecule has 1 aromatic heterocycles. The van der Waals surface area contributed by atoms with E-state index in [0.29, 0.717) is 5.56 Å². The van der Waals surface area contributed by atoms with Crippen LogP contribution >= 0.6 is 0 Å². The first-order chi connectivity index (χ1) is 8.66. The number of nitrogens with one attached hydrogen (secondary N) is 1. The first-order valence-electron chi connectivity index (χ1n) is 5.61. The average Bonchev–Trinajstić information content (AvgIpc) is 2.37. The van der Waals surface area contributed by atoms with Crippen molar-refractivity contribution in [3.63, 3.8) is 0 Å². The van der Waals surface area contributed by atoms with Crippen molar-refractivity contribution in [1.82, 2.24) is 10.3 Å². The summed E-state index contributed by atoms with van der Waals surface area (Å²) in [5, 5.41) is 2.64. The summed E-state index contributed by atoms with van der Waals surface area (Å²) < 4.78 is 13.3. The van der Waals surface area contributed by atoms with E-state index in [9.17, 15) is 9.18 Å². The lowest BCUT2D eigenvalue weighted by molar-refractivity contribution is 0.0950. The average molecular weight is 244 g/mol. The molecule has 1 N–H and O–H groups in total. The van der Waals surface area contributed by atoms with Crippen molar-refractivity contribution in [3.8, 4) is 0 Å². The number of benzene rings is 1. The third-order valence-electron chi connectivity index (χ3n) is 2.53. The van der Waals surface area contributed by atoms with Crippen LogP contribution in [0, 0.1) is 12.7 Å². The number of halogens is 1. The smallest absolute Gasteiger partial charge is 0.251 e. The van der Waals surface area contributed by atoms with E-state index in [1.165, 1.54) is 18.3 Å². The molecule has 1 heterocycles. The standard InChI is InChI=1S/C14H13FN2O/c1-10-4-2-5-11(8-10)14(18)17-9-13-12(15)6-3-7-16-13/h2-8H,9H2,1H3,(H,17,18). The second kappa shape index (κ2) is 5.40. The molecular formula is C14H13FN2O. The summed E-state index contributed by atoms with van der Waals surface area (Å²) >= 11 is 0. The predicted octanol–water partition coefficient (Wildman–Crippen LogP) is 2.46. The lowest BCUT2D eigenvalue weighted by Crippen LogP contribution is -2.23. The van der Waals surface area contributed by atoms with Gasteiger partial charge in [0.15, 0.2) is 0 Å². The lowest BCUT2D eigenvalue weighted by Gasteiger charge is -2.06. The predicted molar refractivity (Wildman–Crippen MR) is 66.5 cm³/mol. The minimum Gasteiger partial charge on any atom is -0.346 e. The molecule has 92 valence electrons. The van der Waals surface area contributed by atoms with Gasteiger partial charge in [-0.3, -0.25) is 9.78 Å². The third kappa shape index (κ3) is 2.91. The van der Waals surface area contributed by atoms with E-state index in [1.54, 1.807) is 12.1 Å². The minimum absolute atomic E-state index is 0.0828. The van der Waals surface area contributed by atoms with E-state index < -0.39 is 5.82 Å². The van der Waals surface area contributed by atoms with Crippen LogP contribution in [0.25, 0.3) is 0 Å². The molecule has 0 unspecified atom stereocenters. The van der Waals surface area contributed by atoms with Crippen molar-refractivity contribution in [3.05, 3.63) is 65.2 Å². The van der Waals surface area contributed by atoms with Gasteiger partial charge in [0.2, 0.25) is 0 Å². The Morgan fingerprint density at radius 2 is 2.17 bits per heavy atom. The minimum atomic E-state index is -0.415. The number of amides is 1. The molecule has 0 aliphatic heterocycles. The maximum Gasteiger partial charge on any atom is 0.251 e. The van der Waals surface area contributed by atoms with Gasteiger partial charge in [-0.25, -0.2) is 4.39 Å². The maximum absolute atomic E-state index is 13.3. The van der Waals surface area contributed by atoms with Gasteiger partial charge < -0.3 is 5.32 Å². The van der Waals surface area contributed by atoms with Gasteiger partial charge >= 0.3 is 0 Å². The van der Waals surface area contributed by atoms with E-state index in [0.717, 1.165) is 5.56 Å². The Morgan fingerprint density at radius 3 is 2.89 bits per heavy atom. The molecule has 0 aliphatic carbocycles. The van der Waals surface area contributed by atoms with Crippen LogP contribution in [0.3, 0.4) is 0 Å². The van der Waals surface area contributed by atoms with Crippen LogP contribution < -0.4 is 5.32 Å². The van der Waals surface area contributed by atoms with Crippen LogP contribution in [0.5, 0.6) is 0 Å². The summed E-state index contributed by atoms with van der Waals surface area (Å²) in [4.78, 5) is 15.7. The molecule has 0 spiro atoms. The van der Waals surface area contributed by atoms with Crippen LogP contribution in [-0.2, 0) is 6.54 Å². The molecule has 18 heavy (non-hydrogen) atoms. The van der Waals surface area contributed by atoms with Gasteiger partial charge in [0.25, 0.3) is 5.91 Å². The first kappa shape index (κ1) is 12.2. The number of carbonyl (C=O) groups is 1. The molecule has 2 rings (SSSR count). The number of aromatic nitrogens is 1. The number of rotatable bonds is 3. The number of pyridine rings is 1. The van der Waals surface area contributed by atoms with E-state index in [1.807, 2.05) is 19.1 Å². The van der Waals surface area contributed by atoms with Crippen molar-refractivity contribution in [2.24, 2.45) is 0 Å². The Balaban J connectivity index is 2.03. The van der Waals surface area contributed by atoms with Gasteiger partial charge in [-0.2, -0.15) is 0 Å². The van der Waals surface area contributed by atoms with Gasteiger partial charge in [-0.15, -0.1) is 0 Å². The van der Waals surface area contributed by atoms with Crippen molar-refractivity contribution >= 4 is 5.91 Å². The van der Waals surface area contributed by atoms with Crippen LogP contribution in [0.1, 0.15) is 21.6 Å². The third-order valence-corrected chi connectivity index (χ3v) is 2.53. The van der Waals surface area contributed by atoms with Crippen molar-refractivity contribution in [1.29, 1.82) is 0 Å². The quantitative estimate of drug-likeness (QED) is 0.901. The normalized spacial score (nSPS) is 10.1. The first-order valence-corrected chi connectivity index (χ1v) is 5.61. The Kier molecular flexibility index (Phi) is 3.67. The molecule has 0 bridgehead atoms. The summed E-state index contributed by atoms with van der Waals surface area (Å²) in [6.45, 7) is 1.99. The van der Waals surface area contributed by atoms with Gasteiger partial charge in [-0.05, 0) is 31.2 Å². The maximum atomic E-state index is 13.3.